The Hall–Kier alpha value is -2.10. The van der Waals surface area contributed by atoms with Crippen molar-refractivity contribution in [1.29, 1.82) is 0 Å². The number of hydrogen-bond acceptors (Lipinski definition) is 4. The van der Waals surface area contributed by atoms with Crippen molar-refractivity contribution in [3.05, 3.63) is 47.7 Å². The van der Waals surface area contributed by atoms with Gasteiger partial charge < -0.3 is 9.15 Å². The molecule has 0 amide bonds. The smallest absolute Gasteiger partial charge is 0.199 e. The molecule has 2 aromatic rings. The molecule has 88 valence electrons. The van der Waals surface area contributed by atoms with Crippen LogP contribution in [-0.2, 0) is 6.42 Å². The lowest BCUT2D eigenvalue weighted by molar-refractivity contribution is 0.101. The van der Waals surface area contributed by atoms with Gasteiger partial charge >= 0.3 is 0 Å². The van der Waals surface area contributed by atoms with Gasteiger partial charge in [0.05, 0.1) is 7.11 Å². The zero-order valence-corrected chi connectivity index (χ0v) is 9.77. The van der Waals surface area contributed by atoms with Gasteiger partial charge in [-0.1, -0.05) is 12.1 Å². The molecule has 1 heterocycles. The van der Waals surface area contributed by atoms with Gasteiger partial charge in [-0.25, -0.2) is 4.98 Å². The summed E-state index contributed by atoms with van der Waals surface area (Å²) in [7, 11) is 1.63. The molecular weight excluding hydrogens is 218 g/mol. The van der Waals surface area contributed by atoms with Crippen molar-refractivity contribution in [2.45, 2.75) is 13.3 Å². The lowest BCUT2D eigenvalue weighted by atomic mass is 10.1. The molecule has 0 saturated carbocycles. The van der Waals surface area contributed by atoms with Gasteiger partial charge in [-0.3, -0.25) is 4.79 Å². The van der Waals surface area contributed by atoms with Crippen LogP contribution >= 0.6 is 0 Å². The summed E-state index contributed by atoms with van der Waals surface area (Å²) >= 11 is 0. The largest absolute Gasteiger partial charge is 0.497 e. The second-order valence-corrected chi connectivity index (χ2v) is 3.71. The first-order chi connectivity index (χ1) is 8.19. The zero-order chi connectivity index (χ0) is 12.3. The summed E-state index contributed by atoms with van der Waals surface area (Å²) in [6.45, 7) is 1.47. The summed E-state index contributed by atoms with van der Waals surface area (Å²) in [5, 5.41) is 0. The van der Waals surface area contributed by atoms with E-state index < -0.39 is 0 Å². The summed E-state index contributed by atoms with van der Waals surface area (Å²) in [6, 6.07) is 7.64. The standard InChI is InChI=1S/C13H13NO3/c1-9(15)12-8-17-13(14-12)7-10-3-5-11(16-2)6-4-10/h3-6,8H,7H2,1-2H3. The maximum absolute atomic E-state index is 11.1. The number of carbonyl (C=O) groups is 1. The fourth-order valence-electron chi connectivity index (χ4n) is 1.47. The number of oxazole rings is 1. The van der Waals surface area contributed by atoms with Crippen molar-refractivity contribution in [3.8, 4) is 5.75 Å². The second kappa shape index (κ2) is 4.82. The normalized spacial score (nSPS) is 10.2. The van der Waals surface area contributed by atoms with Gasteiger partial charge in [0.2, 0.25) is 0 Å². The Balaban J connectivity index is 2.11. The molecule has 1 aromatic carbocycles. The molecule has 0 atom stereocenters. The van der Waals surface area contributed by atoms with Crippen molar-refractivity contribution < 1.29 is 13.9 Å². The number of hydrogen-bond donors (Lipinski definition) is 0. The van der Waals surface area contributed by atoms with E-state index in [0.717, 1.165) is 11.3 Å². The highest BCUT2D eigenvalue weighted by molar-refractivity contribution is 5.91. The Morgan fingerprint density at radius 3 is 2.59 bits per heavy atom. The minimum absolute atomic E-state index is 0.0882. The SMILES string of the molecule is COc1ccc(Cc2nc(C(C)=O)co2)cc1. The Morgan fingerprint density at radius 1 is 1.35 bits per heavy atom. The van der Waals surface area contributed by atoms with Gasteiger partial charge in [-0.15, -0.1) is 0 Å². The molecular formula is C13H13NO3. The first kappa shape index (κ1) is 11.4. The number of methoxy groups -OCH3 is 1. The van der Waals surface area contributed by atoms with Gasteiger partial charge in [0, 0.05) is 13.3 Å². The lowest BCUT2D eigenvalue weighted by Crippen LogP contribution is -1.94. The van der Waals surface area contributed by atoms with Gasteiger partial charge in [0.25, 0.3) is 0 Å². The predicted octanol–water partition coefficient (Wildman–Crippen LogP) is 2.48. The average Bonchev–Trinajstić information content (AvgIpc) is 2.79. The number of benzene rings is 1. The topological polar surface area (TPSA) is 52.3 Å². The van der Waals surface area contributed by atoms with Crippen LogP contribution in [0.5, 0.6) is 5.75 Å². The van der Waals surface area contributed by atoms with Crippen LogP contribution in [-0.4, -0.2) is 17.9 Å². The van der Waals surface area contributed by atoms with Crippen LogP contribution in [0, 0.1) is 0 Å². The molecule has 0 fully saturated rings. The minimum Gasteiger partial charge on any atom is -0.497 e. The Kier molecular flexibility index (Phi) is 3.23. The van der Waals surface area contributed by atoms with E-state index in [-0.39, 0.29) is 5.78 Å². The van der Waals surface area contributed by atoms with Crippen molar-refractivity contribution >= 4 is 5.78 Å². The predicted molar refractivity (Wildman–Crippen MR) is 62.3 cm³/mol. The van der Waals surface area contributed by atoms with Crippen molar-refractivity contribution in [2.24, 2.45) is 0 Å². The number of ketones is 1. The van der Waals surface area contributed by atoms with E-state index in [4.69, 9.17) is 9.15 Å². The number of carbonyl (C=O) groups excluding carboxylic acids is 1. The van der Waals surface area contributed by atoms with E-state index >= 15 is 0 Å². The zero-order valence-electron chi connectivity index (χ0n) is 9.77. The molecule has 0 aliphatic rings. The third-order valence-electron chi connectivity index (χ3n) is 2.43. The van der Waals surface area contributed by atoms with Crippen molar-refractivity contribution in [1.82, 2.24) is 4.98 Å². The van der Waals surface area contributed by atoms with E-state index in [1.165, 1.54) is 13.2 Å². The Morgan fingerprint density at radius 2 is 2.06 bits per heavy atom. The highest BCUT2D eigenvalue weighted by Crippen LogP contribution is 2.14. The molecule has 0 bridgehead atoms. The molecule has 0 aliphatic heterocycles. The van der Waals surface area contributed by atoms with Crippen LogP contribution in [0.4, 0.5) is 0 Å². The highest BCUT2D eigenvalue weighted by Gasteiger charge is 2.08. The third kappa shape index (κ3) is 2.72. The molecule has 4 heteroatoms. The number of rotatable bonds is 4. The molecule has 0 aliphatic carbocycles. The van der Waals surface area contributed by atoms with Crippen LogP contribution in [0.3, 0.4) is 0 Å². The lowest BCUT2D eigenvalue weighted by Gasteiger charge is -2.00. The van der Waals surface area contributed by atoms with Gasteiger partial charge in [0.1, 0.15) is 17.7 Å². The molecule has 1 aromatic heterocycles. The van der Waals surface area contributed by atoms with Crippen LogP contribution in [0.1, 0.15) is 28.9 Å². The fraction of sp³-hybridized carbons (Fsp3) is 0.231. The molecule has 2 rings (SSSR count). The number of aromatic nitrogens is 1. The third-order valence-corrected chi connectivity index (χ3v) is 2.43. The average molecular weight is 231 g/mol. The van der Waals surface area contributed by atoms with Gasteiger partial charge in [-0.05, 0) is 17.7 Å². The number of nitrogens with zero attached hydrogens (tertiary/aromatic N) is 1. The molecule has 0 unspecified atom stereocenters. The van der Waals surface area contributed by atoms with Gasteiger partial charge in [0.15, 0.2) is 11.7 Å². The summed E-state index contributed by atoms with van der Waals surface area (Å²) < 4.78 is 10.3. The van der Waals surface area contributed by atoms with Crippen LogP contribution in [0.15, 0.2) is 34.9 Å². The van der Waals surface area contributed by atoms with E-state index in [9.17, 15) is 4.79 Å². The van der Waals surface area contributed by atoms with Crippen LogP contribution < -0.4 is 4.74 Å². The molecule has 0 N–H and O–H groups in total. The minimum atomic E-state index is -0.0882. The summed E-state index contributed by atoms with van der Waals surface area (Å²) in [4.78, 5) is 15.2. The van der Waals surface area contributed by atoms with Crippen LogP contribution in [0.2, 0.25) is 0 Å². The summed E-state index contributed by atoms with van der Waals surface area (Å²) in [5.74, 6) is 1.26. The second-order valence-electron chi connectivity index (χ2n) is 3.71. The summed E-state index contributed by atoms with van der Waals surface area (Å²) in [5.41, 5.74) is 1.43. The van der Waals surface area contributed by atoms with E-state index in [2.05, 4.69) is 4.98 Å². The van der Waals surface area contributed by atoms with E-state index in [1.54, 1.807) is 7.11 Å². The van der Waals surface area contributed by atoms with Crippen molar-refractivity contribution in [2.75, 3.05) is 7.11 Å². The van der Waals surface area contributed by atoms with Crippen LogP contribution in [0.25, 0.3) is 0 Å². The Bertz CT molecular complexity index is 514. The molecule has 0 radical (unpaired) electrons. The molecule has 0 spiro atoms. The number of ether oxygens (including phenoxy) is 1. The maximum Gasteiger partial charge on any atom is 0.199 e. The quantitative estimate of drug-likeness (QED) is 0.758. The highest BCUT2D eigenvalue weighted by atomic mass is 16.5. The first-order valence-electron chi connectivity index (χ1n) is 5.27. The fourth-order valence-corrected chi connectivity index (χ4v) is 1.47. The maximum atomic E-state index is 11.1. The van der Waals surface area contributed by atoms with Gasteiger partial charge in [-0.2, -0.15) is 0 Å². The monoisotopic (exact) mass is 231 g/mol. The van der Waals surface area contributed by atoms with E-state index in [0.29, 0.717) is 18.0 Å². The number of Topliss-reactive ketones (excluding diaryl/α,β-unsaturated/α-hetero) is 1. The van der Waals surface area contributed by atoms with Crippen molar-refractivity contribution in [3.63, 3.8) is 0 Å². The molecule has 4 nitrogen and oxygen atoms in total. The van der Waals surface area contributed by atoms with E-state index in [1.807, 2.05) is 24.3 Å². The molecule has 17 heavy (non-hydrogen) atoms. The molecule has 0 saturated heterocycles. The first-order valence-corrected chi connectivity index (χ1v) is 5.27. The Labute approximate surface area is 99.2 Å². The summed E-state index contributed by atoms with van der Waals surface area (Å²) in [6.07, 6.45) is 1.96.